The molecule has 0 aromatic heterocycles. The molecule has 0 spiro atoms. The number of ether oxygens (including phenoxy) is 1. The van der Waals surface area contributed by atoms with Crippen LogP contribution in [0.5, 0.6) is 5.75 Å². The van der Waals surface area contributed by atoms with Crippen molar-refractivity contribution in [3.63, 3.8) is 0 Å². The van der Waals surface area contributed by atoms with E-state index in [2.05, 4.69) is 0 Å². The maximum atomic E-state index is 13.1. The van der Waals surface area contributed by atoms with Crippen molar-refractivity contribution in [1.82, 2.24) is 4.90 Å². The SMILES string of the molecule is CC1(C)Oc2ccc(S(=O)(=O)C(F)(F)F)cc2C(N2Cc3ccc([N+](=O)[O-])cc3C2=O)C1O. The third-order valence-electron chi connectivity index (χ3n) is 5.77. The van der Waals surface area contributed by atoms with E-state index >= 15 is 0 Å². The van der Waals surface area contributed by atoms with Crippen LogP contribution < -0.4 is 4.74 Å². The Morgan fingerprint density at radius 1 is 1.21 bits per heavy atom. The van der Waals surface area contributed by atoms with Crippen LogP contribution in [0.2, 0.25) is 0 Å². The van der Waals surface area contributed by atoms with Gasteiger partial charge in [-0.05, 0) is 43.7 Å². The van der Waals surface area contributed by atoms with Crippen molar-refractivity contribution in [2.45, 2.75) is 48.5 Å². The van der Waals surface area contributed by atoms with E-state index in [4.69, 9.17) is 4.74 Å². The van der Waals surface area contributed by atoms with E-state index in [0.717, 1.165) is 29.2 Å². The summed E-state index contributed by atoms with van der Waals surface area (Å²) in [7, 11) is -5.70. The number of fused-ring (bicyclic) bond motifs is 2. The van der Waals surface area contributed by atoms with Crippen LogP contribution in [-0.4, -0.2) is 46.5 Å². The fourth-order valence-corrected chi connectivity index (χ4v) is 4.83. The van der Waals surface area contributed by atoms with Gasteiger partial charge in [0.15, 0.2) is 0 Å². The Bertz CT molecular complexity index is 1290. The Hall–Kier alpha value is -3.19. The van der Waals surface area contributed by atoms with Crippen LogP contribution in [0.3, 0.4) is 0 Å². The summed E-state index contributed by atoms with van der Waals surface area (Å²) in [5, 5.41) is 22.1. The molecule has 1 N–H and O–H groups in total. The average molecular weight is 486 g/mol. The van der Waals surface area contributed by atoms with E-state index < -0.39 is 48.8 Å². The molecule has 0 fully saturated rings. The van der Waals surface area contributed by atoms with Gasteiger partial charge in [0.1, 0.15) is 17.5 Å². The number of halogens is 3. The van der Waals surface area contributed by atoms with Gasteiger partial charge in [-0.3, -0.25) is 14.9 Å². The third-order valence-corrected chi connectivity index (χ3v) is 7.26. The highest BCUT2D eigenvalue weighted by molar-refractivity contribution is 7.92. The van der Waals surface area contributed by atoms with E-state index in [0.29, 0.717) is 5.56 Å². The van der Waals surface area contributed by atoms with Crippen molar-refractivity contribution < 1.29 is 41.2 Å². The lowest BCUT2D eigenvalue weighted by Gasteiger charge is -2.45. The largest absolute Gasteiger partial charge is 0.501 e. The Balaban J connectivity index is 1.85. The molecule has 0 bridgehead atoms. The summed E-state index contributed by atoms with van der Waals surface area (Å²) in [5.74, 6) is -0.684. The number of alkyl halides is 3. The summed E-state index contributed by atoms with van der Waals surface area (Å²) in [5.41, 5.74) is -6.85. The van der Waals surface area contributed by atoms with Gasteiger partial charge >= 0.3 is 5.51 Å². The number of nitrogens with zero attached hydrogens (tertiary/aromatic N) is 2. The number of hydrogen-bond donors (Lipinski definition) is 1. The topological polar surface area (TPSA) is 127 Å². The average Bonchev–Trinajstić information content (AvgIpc) is 3.03. The lowest BCUT2D eigenvalue weighted by molar-refractivity contribution is -0.384. The minimum atomic E-state index is -5.70. The molecular weight excluding hydrogens is 469 g/mol. The summed E-state index contributed by atoms with van der Waals surface area (Å²) < 4.78 is 68.9. The van der Waals surface area contributed by atoms with Crippen LogP contribution in [-0.2, 0) is 16.4 Å². The Morgan fingerprint density at radius 3 is 2.48 bits per heavy atom. The molecule has 33 heavy (non-hydrogen) atoms. The van der Waals surface area contributed by atoms with Crippen molar-refractivity contribution in [3.05, 3.63) is 63.2 Å². The molecule has 0 aliphatic carbocycles. The van der Waals surface area contributed by atoms with Gasteiger partial charge in [-0.1, -0.05) is 0 Å². The predicted octanol–water partition coefficient (Wildman–Crippen LogP) is 3.12. The second-order valence-electron chi connectivity index (χ2n) is 8.28. The number of nitro groups is 1. The van der Waals surface area contributed by atoms with Crippen molar-refractivity contribution in [1.29, 1.82) is 0 Å². The van der Waals surface area contributed by atoms with Gasteiger partial charge < -0.3 is 14.7 Å². The molecule has 0 saturated carbocycles. The molecule has 2 heterocycles. The van der Waals surface area contributed by atoms with Gasteiger partial charge in [-0.2, -0.15) is 13.2 Å². The standard InChI is InChI=1S/C20H17F3N2O7S/c1-19(2)17(26)16(24-9-10-3-4-11(25(28)29)7-13(10)18(24)27)14-8-12(5-6-15(14)32-19)33(30,31)20(21,22)23/h3-8,16-17,26H,9H2,1-2H3. The first-order chi connectivity index (χ1) is 15.1. The maximum absolute atomic E-state index is 13.1. The molecule has 0 radical (unpaired) electrons. The fourth-order valence-electron chi connectivity index (χ4n) is 4.03. The summed E-state index contributed by atoms with van der Waals surface area (Å²) in [6.45, 7) is 2.92. The van der Waals surface area contributed by atoms with Gasteiger partial charge in [-0.25, -0.2) is 8.42 Å². The van der Waals surface area contributed by atoms with Gasteiger partial charge in [0, 0.05) is 24.2 Å². The zero-order chi connectivity index (χ0) is 24.5. The summed E-state index contributed by atoms with van der Waals surface area (Å²) in [6, 6.07) is 4.94. The minimum absolute atomic E-state index is 0.00570. The Labute approximate surface area is 185 Å². The quantitative estimate of drug-likeness (QED) is 0.522. The van der Waals surface area contributed by atoms with Crippen molar-refractivity contribution in [2.75, 3.05) is 0 Å². The van der Waals surface area contributed by atoms with Gasteiger partial charge in [-0.15, -0.1) is 0 Å². The van der Waals surface area contributed by atoms with E-state index in [1.807, 2.05) is 0 Å². The van der Waals surface area contributed by atoms with Gasteiger partial charge in [0.25, 0.3) is 21.4 Å². The Morgan fingerprint density at radius 2 is 1.88 bits per heavy atom. The van der Waals surface area contributed by atoms with Crippen LogP contribution in [0, 0.1) is 10.1 Å². The molecule has 9 nitrogen and oxygen atoms in total. The van der Waals surface area contributed by atoms with Crippen LogP contribution in [0.1, 0.15) is 41.4 Å². The molecule has 2 aromatic carbocycles. The maximum Gasteiger partial charge on any atom is 0.501 e. The first kappa shape index (κ1) is 23.0. The van der Waals surface area contributed by atoms with E-state index in [9.17, 15) is 41.6 Å². The number of nitro benzene ring substituents is 1. The second kappa shape index (κ2) is 7.15. The van der Waals surface area contributed by atoms with Gasteiger partial charge in [0.05, 0.1) is 21.4 Å². The number of carbonyl (C=O) groups is 1. The molecule has 2 aliphatic rings. The van der Waals surface area contributed by atoms with Crippen LogP contribution in [0.15, 0.2) is 41.3 Å². The number of sulfone groups is 1. The molecule has 1 amide bonds. The van der Waals surface area contributed by atoms with E-state index in [1.54, 1.807) is 0 Å². The first-order valence-electron chi connectivity index (χ1n) is 9.56. The number of carbonyl (C=O) groups excluding carboxylic acids is 1. The highest BCUT2D eigenvalue weighted by atomic mass is 32.2. The smallest absolute Gasteiger partial charge is 0.485 e. The molecule has 2 unspecified atom stereocenters. The number of amides is 1. The minimum Gasteiger partial charge on any atom is -0.485 e. The molecule has 0 saturated heterocycles. The highest BCUT2D eigenvalue weighted by Gasteiger charge is 2.51. The third kappa shape index (κ3) is 3.51. The molecule has 4 rings (SSSR count). The van der Waals surface area contributed by atoms with Crippen molar-refractivity contribution in [3.8, 4) is 5.75 Å². The van der Waals surface area contributed by atoms with Crippen molar-refractivity contribution >= 4 is 21.4 Å². The van der Waals surface area contributed by atoms with Crippen LogP contribution >= 0.6 is 0 Å². The number of aliphatic hydroxyl groups is 1. The summed E-state index contributed by atoms with van der Waals surface area (Å²) in [4.78, 5) is 23.6. The van der Waals surface area contributed by atoms with E-state index in [-0.39, 0.29) is 29.1 Å². The monoisotopic (exact) mass is 486 g/mol. The summed E-state index contributed by atoms with van der Waals surface area (Å²) in [6.07, 6.45) is -1.46. The zero-order valence-electron chi connectivity index (χ0n) is 17.2. The summed E-state index contributed by atoms with van der Waals surface area (Å²) >= 11 is 0. The number of benzene rings is 2. The second-order valence-corrected chi connectivity index (χ2v) is 10.2. The van der Waals surface area contributed by atoms with Crippen molar-refractivity contribution in [2.24, 2.45) is 0 Å². The van der Waals surface area contributed by atoms with Crippen LogP contribution in [0.25, 0.3) is 0 Å². The lowest BCUT2D eigenvalue weighted by atomic mass is 9.85. The molecule has 13 heteroatoms. The number of aliphatic hydroxyl groups excluding tert-OH is 1. The van der Waals surface area contributed by atoms with Crippen LogP contribution in [0.4, 0.5) is 18.9 Å². The molecule has 2 aromatic rings. The molecule has 176 valence electrons. The molecule has 2 atom stereocenters. The number of rotatable bonds is 3. The lowest BCUT2D eigenvalue weighted by Crippen LogP contribution is -2.53. The zero-order valence-corrected chi connectivity index (χ0v) is 18.0. The van der Waals surface area contributed by atoms with Gasteiger partial charge in [0.2, 0.25) is 0 Å². The predicted molar refractivity (Wildman–Crippen MR) is 106 cm³/mol. The fraction of sp³-hybridized carbons (Fsp3) is 0.350. The molecular formula is C20H17F3N2O7S. The van der Waals surface area contributed by atoms with E-state index in [1.165, 1.54) is 26.0 Å². The number of hydrogen-bond acceptors (Lipinski definition) is 7. The highest BCUT2D eigenvalue weighted by Crippen LogP contribution is 2.47. The number of non-ortho nitro benzene ring substituents is 1. The Kier molecular flexibility index (Phi) is 4.98. The normalized spacial score (nSPS) is 21.9. The first-order valence-corrected chi connectivity index (χ1v) is 11.0. The molecule has 2 aliphatic heterocycles.